The first-order chi connectivity index (χ1) is 15.3. The predicted molar refractivity (Wildman–Crippen MR) is 121 cm³/mol. The number of hydrogen-bond acceptors (Lipinski definition) is 5. The van der Waals surface area contributed by atoms with Crippen LogP contribution in [0.3, 0.4) is 0 Å². The number of carbonyl (C=O) groups is 3. The third-order valence-electron chi connectivity index (χ3n) is 7.05. The molecule has 0 N–H and O–H groups in total. The number of benzene rings is 2. The number of piperazine rings is 1. The first-order valence-electron chi connectivity index (χ1n) is 10.7. The fraction of sp³-hybridized carbons (Fsp3) is 0.375. The van der Waals surface area contributed by atoms with Gasteiger partial charge in [0.1, 0.15) is 0 Å². The molecule has 3 aliphatic heterocycles. The van der Waals surface area contributed by atoms with Crippen molar-refractivity contribution in [1.29, 1.82) is 0 Å². The maximum absolute atomic E-state index is 13.7. The Balaban J connectivity index is 1.59. The predicted octanol–water partition coefficient (Wildman–Crippen LogP) is 2.62. The zero-order chi connectivity index (χ0) is 22.6. The smallest absolute Gasteiger partial charge is 0.332 e. The van der Waals surface area contributed by atoms with E-state index >= 15 is 0 Å². The number of anilines is 1. The van der Waals surface area contributed by atoms with Crippen molar-refractivity contribution in [3.8, 4) is 0 Å². The van der Waals surface area contributed by atoms with E-state index in [1.165, 1.54) is 19.7 Å². The number of nitrogens with zero attached hydrogens (tertiary/aromatic N) is 4. The Morgan fingerprint density at radius 1 is 0.969 bits per heavy atom. The Labute approximate surface area is 192 Å². The van der Waals surface area contributed by atoms with Crippen molar-refractivity contribution in [3.63, 3.8) is 0 Å². The summed E-state index contributed by atoms with van der Waals surface area (Å²) in [5, 5.41) is 0.621. The standard InChI is InChI=1S/C24H25ClN4O3/c1-26-21(30)24(22(31)27(2)23(26)32)13-17-8-9-18(25)12-19(17)29-11-10-28(15-20(24)29)14-16-6-4-3-5-7-16/h3-9,12,20H,10-11,13-15H2,1-2H3. The van der Waals surface area contributed by atoms with Crippen LogP contribution in [-0.2, 0) is 22.6 Å². The molecule has 3 aliphatic rings. The van der Waals surface area contributed by atoms with Crippen LogP contribution >= 0.6 is 11.6 Å². The quantitative estimate of drug-likeness (QED) is 0.655. The number of halogens is 1. The molecular formula is C24H25ClN4O3. The molecule has 0 aromatic heterocycles. The van der Waals surface area contributed by atoms with Gasteiger partial charge in [0.05, 0.1) is 6.04 Å². The minimum Gasteiger partial charge on any atom is -0.364 e. The second-order valence-electron chi connectivity index (χ2n) is 8.86. The van der Waals surface area contributed by atoms with Crippen LogP contribution < -0.4 is 4.90 Å². The summed E-state index contributed by atoms with van der Waals surface area (Å²) < 4.78 is 0. The van der Waals surface area contributed by atoms with Gasteiger partial charge in [0.25, 0.3) is 0 Å². The monoisotopic (exact) mass is 452 g/mol. The number of carbonyl (C=O) groups excluding carboxylic acids is 3. The Morgan fingerprint density at radius 2 is 1.66 bits per heavy atom. The van der Waals surface area contributed by atoms with Gasteiger partial charge in [-0.2, -0.15) is 0 Å². The summed E-state index contributed by atoms with van der Waals surface area (Å²) in [5.74, 6) is -0.856. The molecule has 2 aromatic carbocycles. The van der Waals surface area contributed by atoms with Gasteiger partial charge in [-0.05, 0) is 29.7 Å². The lowest BCUT2D eigenvalue weighted by atomic mass is 9.67. The number of urea groups is 1. The van der Waals surface area contributed by atoms with Gasteiger partial charge in [-0.25, -0.2) is 4.79 Å². The molecule has 5 rings (SSSR count). The lowest BCUT2D eigenvalue weighted by Crippen LogP contribution is -2.74. The van der Waals surface area contributed by atoms with Crippen molar-refractivity contribution >= 4 is 35.1 Å². The molecule has 1 unspecified atom stereocenters. The number of fused-ring (bicyclic) bond motifs is 4. The molecule has 7 nitrogen and oxygen atoms in total. The summed E-state index contributed by atoms with van der Waals surface area (Å²) in [6.07, 6.45) is 0.249. The Bertz CT molecular complexity index is 1080. The molecule has 0 aliphatic carbocycles. The SMILES string of the molecule is CN1C(=O)N(C)C(=O)C2(Cc3ccc(Cl)cc3N3CCN(Cc4ccccc4)CC32)C1=O. The topological polar surface area (TPSA) is 64.2 Å². The van der Waals surface area contributed by atoms with Crippen LogP contribution in [0.25, 0.3) is 0 Å². The van der Waals surface area contributed by atoms with Gasteiger partial charge in [-0.15, -0.1) is 0 Å². The number of amides is 4. The van der Waals surface area contributed by atoms with E-state index in [1.807, 2.05) is 30.3 Å². The van der Waals surface area contributed by atoms with Crippen molar-refractivity contribution in [2.45, 2.75) is 19.0 Å². The largest absolute Gasteiger partial charge is 0.364 e. The zero-order valence-electron chi connectivity index (χ0n) is 18.1. The van der Waals surface area contributed by atoms with Crippen LogP contribution in [0.5, 0.6) is 0 Å². The summed E-state index contributed by atoms with van der Waals surface area (Å²) in [6, 6.07) is 14.8. The fourth-order valence-electron chi connectivity index (χ4n) is 5.43. The molecule has 8 heteroatoms. The van der Waals surface area contributed by atoms with E-state index < -0.39 is 29.3 Å². The van der Waals surface area contributed by atoms with Crippen LogP contribution in [-0.4, -0.2) is 72.3 Å². The molecule has 2 saturated heterocycles. The molecule has 1 atom stereocenters. The highest BCUT2D eigenvalue weighted by Crippen LogP contribution is 2.47. The normalized spacial score (nSPS) is 22.9. The minimum atomic E-state index is -1.35. The highest BCUT2D eigenvalue weighted by molar-refractivity contribution is 6.31. The van der Waals surface area contributed by atoms with Crippen LogP contribution in [0.4, 0.5) is 10.5 Å². The van der Waals surface area contributed by atoms with E-state index in [0.717, 1.165) is 34.1 Å². The van der Waals surface area contributed by atoms with Gasteiger partial charge in [0.2, 0.25) is 11.8 Å². The molecule has 4 amide bonds. The summed E-state index contributed by atoms with van der Waals surface area (Å²) in [6.45, 7) is 2.72. The molecule has 2 aromatic rings. The fourth-order valence-corrected chi connectivity index (χ4v) is 5.60. The minimum absolute atomic E-state index is 0.249. The third kappa shape index (κ3) is 3.03. The molecule has 0 bridgehead atoms. The van der Waals surface area contributed by atoms with Crippen molar-refractivity contribution < 1.29 is 14.4 Å². The lowest BCUT2D eigenvalue weighted by molar-refractivity contribution is -0.160. The van der Waals surface area contributed by atoms with Crippen LogP contribution in [0.15, 0.2) is 48.5 Å². The molecule has 0 radical (unpaired) electrons. The van der Waals surface area contributed by atoms with Crippen LogP contribution in [0.2, 0.25) is 5.02 Å². The Morgan fingerprint density at radius 3 is 2.34 bits per heavy atom. The van der Waals surface area contributed by atoms with Gasteiger partial charge in [-0.1, -0.05) is 48.0 Å². The first kappa shape index (κ1) is 21.0. The third-order valence-corrected chi connectivity index (χ3v) is 7.29. The van der Waals surface area contributed by atoms with E-state index in [1.54, 1.807) is 6.07 Å². The van der Waals surface area contributed by atoms with Crippen LogP contribution in [0.1, 0.15) is 11.1 Å². The van der Waals surface area contributed by atoms with Crippen LogP contribution in [0, 0.1) is 5.41 Å². The highest BCUT2D eigenvalue weighted by atomic mass is 35.5. The number of barbiturate groups is 1. The molecule has 3 heterocycles. The summed E-state index contributed by atoms with van der Waals surface area (Å²) >= 11 is 6.31. The van der Waals surface area contributed by atoms with E-state index in [2.05, 4.69) is 21.9 Å². The second kappa shape index (κ2) is 7.60. The molecule has 32 heavy (non-hydrogen) atoms. The van der Waals surface area contributed by atoms with E-state index in [4.69, 9.17) is 11.6 Å². The summed E-state index contributed by atoms with van der Waals surface area (Å²) in [5.41, 5.74) is 1.70. The van der Waals surface area contributed by atoms with Gasteiger partial charge < -0.3 is 4.90 Å². The molecular weight excluding hydrogens is 428 g/mol. The maximum atomic E-state index is 13.7. The molecule has 166 valence electrons. The van der Waals surface area contributed by atoms with E-state index in [9.17, 15) is 14.4 Å². The molecule has 1 spiro atoms. The van der Waals surface area contributed by atoms with Gasteiger partial charge in [-0.3, -0.25) is 24.3 Å². The first-order valence-corrected chi connectivity index (χ1v) is 11.1. The average Bonchev–Trinajstić information content (AvgIpc) is 2.81. The van der Waals surface area contributed by atoms with Gasteiger partial charge in [0.15, 0.2) is 5.41 Å². The van der Waals surface area contributed by atoms with Gasteiger partial charge >= 0.3 is 6.03 Å². The average molecular weight is 453 g/mol. The number of imide groups is 2. The van der Waals surface area contributed by atoms with Crippen molar-refractivity contribution in [3.05, 3.63) is 64.7 Å². The molecule has 2 fully saturated rings. The highest BCUT2D eigenvalue weighted by Gasteiger charge is 2.63. The molecule has 0 saturated carbocycles. The van der Waals surface area contributed by atoms with Crippen molar-refractivity contribution in [1.82, 2.24) is 14.7 Å². The van der Waals surface area contributed by atoms with Crippen molar-refractivity contribution in [2.24, 2.45) is 5.41 Å². The van der Waals surface area contributed by atoms with E-state index in [-0.39, 0.29) is 6.42 Å². The summed E-state index contributed by atoms with van der Waals surface area (Å²) in [7, 11) is 2.92. The zero-order valence-corrected chi connectivity index (χ0v) is 18.9. The lowest BCUT2D eigenvalue weighted by Gasteiger charge is -2.56. The van der Waals surface area contributed by atoms with E-state index in [0.29, 0.717) is 18.1 Å². The number of hydrogen-bond donors (Lipinski definition) is 0. The van der Waals surface area contributed by atoms with Crippen molar-refractivity contribution in [2.75, 3.05) is 38.6 Å². The Kier molecular flexibility index (Phi) is 4.98. The van der Waals surface area contributed by atoms with Gasteiger partial charge in [0, 0.05) is 51.0 Å². The second-order valence-corrected chi connectivity index (χ2v) is 9.30. The Hall–Kier alpha value is -2.90. The maximum Gasteiger partial charge on any atom is 0.332 e. The summed E-state index contributed by atoms with van der Waals surface area (Å²) in [4.78, 5) is 46.4. The number of rotatable bonds is 2.